The molecule has 43 heavy (non-hydrogen) atoms. The molecule has 5 aromatic rings. The summed E-state index contributed by atoms with van der Waals surface area (Å²) in [4.78, 5) is 30.5. The smallest absolute Gasteiger partial charge is 0.341 e. The van der Waals surface area contributed by atoms with Crippen molar-refractivity contribution in [3.63, 3.8) is 0 Å². The first kappa shape index (κ1) is 27.9. The van der Waals surface area contributed by atoms with E-state index in [0.717, 1.165) is 18.2 Å². The molecule has 2 N–H and O–H groups in total. The standard InChI is InChI=1S/C29H16F7N5O2/c30-17-2-3-19(26(32)33)20(10-17)25-24-21(28(43)40-25)7-14(13-1-4-23-37-12-38-41(23)11-13)8-22(24)39-27(42)15-5-16(29(34,35)36)9-18(31)6-15/h1-12,25-26H,(H,39,42)(H,40,43)/t25-/m1/s1. The minimum atomic E-state index is -4.96. The molecule has 2 amide bonds. The van der Waals surface area contributed by atoms with Crippen LogP contribution in [-0.4, -0.2) is 26.4 Å². The van der Waals surface area contributed by atoms with Crippen LogP contribution in [0.15, 0.2) is 73.2 Å². The molecule has 3 heterocycles. The molecule has 0 saturated carbocycles. The molecule has 0 spiro atoms. The van der Waals surface area contributed by atoms with Gasteiger partial charge >= 0.3 is 6.18 Å². The zero-order chi connectivity index (χ0) is 30.6. The van der Waals surface area contributed by atoms with Crippen LogP contribution in [0.5, 0.6) is 0 Å². The third-order valence-electron chi connectivity index (χ3n) is 6.93. The second-order valence-electron chi connectivity index (χ2n) is 9.63. The van der Waals surface area contributed by atoms with Gasteiger partial charge in [0.2, 0.25) is 0 Å². The summed E-state index contributed by atoms with van der Waals surface area (Å²) in [6, 6.07) is 8.45. The first-order chi connectivity index (χ1) is 20.4. The quantitative estimate of drug-likeness (QED) is 0.220. The summed E-state index contributed by atoms with van der Waals surface area (Å²) in [6.45, 7) is 0. The first-order valence-corrected chi connectivity index (χ1v) is 12.4. The van der Waals surface area contributed by atoms with Crippen molar-refractivity contribution in [1.29, 1.82) is 0 Å². The summed E-state index contributed by atoms with van der Waals surface area (Å²) < 4.78 is 97.6. The lowest BCUT2D eigenvalue weighted by molar-refractivity contribution is -0.137. The van der Waals surface area contributed by atoms with E-state index in [4.69, 9.17) is 0 Å². The molecular formula is C29H16F7N5O2. The Bertz CT molecular complexity index is 1940. The highest BCUT2D eigenvalue weighted by atomic mass is 19.4. The van der Waals surface area contributed by atoms with Gasteiger partial charge in [0.15, 0.2) is 5.65 Å². The van der Waals surface area contributed by atoms with Crippen molar-refractivity contribution >= 4 is 23.1 Å². The molecule has 6 rings (SSSR count). The maximum absolute atomic E-state index is 14.3. The molecule has 1 atom stereocenters. The molecule has 3 aromatic carbocycles. The van der Waals surface area contributed by atoms with E-state index in [2.05, 4.69) is 20.7 Å². The van der Waals surface area contributed by atoms with E-state index in [-0.39, 0.29) is 28.4 Å². The number of pyridine rings is 1. The third-order valence-corrected chi connectivity index (χ3v) is 6.93. The van der Waals surface area contributed by atoms with Gasteiger partial charge in [-0.2, -0.15) is 18.3 Å². The van der Waals surface area contributed by atoms with Crippen molar-refractivity contribution < 1.29 is 40.3 Å². The number of halogens is 7. The zero-order valence-corrected chi connectivity index (χ0v) is 21.4. The van der Waals surface area contributed by atoms with Crippen molar-refractivity contribution in [1.82, 2.24) is 19.9 Å². The first-order valence-electron chi connectivity index (χ1n) is 12.4. The largest absolute Gasteiger partial charge is 0.416 e. The highest BCUT2D eigenvalue weighted by Gasteiger charge is 2.37. The fraction of sp³-hybridized carbons (Fsp3) is 0.103. The highest BCUT2D eigenvalue weighted by molar-refractivity contribution is 6.09. The molecule has 0 radical (unpaired) electrons. The van der Waals surface area contributed by atoms with E-state index in [0.29, 0.717) is 28.9 Å². The summed E-state index contributed by atoms with van der Waals surface area (Å²) in [5.41, 5.74) is -1.97. The number of carbonyl (C=O) groups is 2. The average Bonchev–Trinajstić information content (AvgIpc) is 3.56. The normalized spacial score (nSPS) is 14.7. The van der Waals surface area contributed by atoms with Gasteiger partial charge in [0, 0.05) is 39.7 Å². The fourth-order valence-corrected chi connectivity index (χ4v) is 5.00. The Balaban J connectivity index is 1.52. The number of benzene rings is 3. The van der Waals surface area contributed by atoms with E-state index in [1.165, 1.54) is 23.0 Å². The minimum absolute atomic E-state index is 0.0381. The van der Waals surface area contributed by atoms with Gasteiger partial charge in [0.25, 0.3) is 18.2 Å². The number of amides is 2. The zero-order valence-electron chi connectivity index (χ0n) is 21.4. The maximum atomic E-state index is 14.3. The summed E-state index contributed by atoms with van der Waals surface area (Å²) in [5, 5.41) is 8.98. The number of aromatic nitrogens is 3. The molecular weight excluding hydrogens is 583 g/mol. The van der Waals surface area contributed by atoms with Gasteiger partial charge in [-0.25, -0.2) is 27.1 Å². The Morgan fingerprint density at radius 2 is 1.74 bits per heavy atom. The van der Waals surface area contributed by atoms with Crippen LogP contribution in [0.1, 0.15) is 55.4 Å². The molecule has 0 saturated heterocycles. The number of anilines is 1. The van der Waals surface area contributed by atoms with Crippen LogP contribution < -0.4 is 10.6 Å². The van der Waals surface area contributed by atoms with Crippen molar-refractivity contribution in [2.24, 2.45) is 0 Å². The number of alkyl halides is 5. The number of hydrogen-bond acceptors (Lipinski definition) is 4. The number of nitrogens with zero attached hydrogens (tertiary/aromatic N) is 3. The third kappa shape index (κ3) is 5.15. The summed E-state index contributed by atoms with van der Waals surface area (Å²) in [6.07, 6.45) is -5.15. The Morgan fingerprint density at radius 3 is 2.49 bits per heavy atom. The Morgan fingerprint density at radius 1 is 0.953 bits per heavy atom. The van der Waals surface area contributed by atoms with Crippen molar-refractivity contribution in [2.75, 3.05) is 5.32 Å². The van der Waals surface area contributed by atoms with Crippen LogP contribution in [0.25, 0.3) is 16.8 Å². The highest BCUT2D eigenvalue weighted by Crippen LogP contribution is 2.42. The predicted octanol–water partition coefficient (Wildman–Crippen LogP) is 6.72. The van der Waals surface area contributed by atoms with Crippen molar-refractivity contribution in [3.05, 3.63) is 118 Å². The lowest BCUT2D eigenvalue weighted by atomic mass is 9.91. The summed E-state index contributed by atoms with van der Waals surface area (Å²) in [7, 11) is 0. The molecule has 0 unspecified atom stereocenters. The van der Waals surface area contributed by atoms with E-state index < -0.39 is 58.8 Å². The van der Waals surface area contributed by atoms with Gasteiger partial charge < -0.3 is 10.6 Å². The molecule has 218 valence electrons. The second kappa shape index (κ2) is 10.2. The molecule has 0 fully saturated rings. The molecule has 7 nitrogen and oxygen atoms in total. The topological polar surface area (TPSA) is 88.4 Å². The Hall–Kier alpha value is -5.27. The number of nitrogens with one attached hydrogen (secondary N) is 2. The monoisotopic (exact) mass is 599 g/mol. The number of fused-ring (bicyclic) bond motifs is 2. The molecule has 2 aromatic heterocycles. The van der Waals surface area contributed by atoms with Crippen LogP contribution in [0.2, 0.25) is 0 Å². The van der Waals surface area contributed by atoms with Gasteiger partial charge in [-0.15, -0.1) is 0 Å². The van der Waals surface area contributed by atoms with Crippen LogP contribution in [-0.2, 0) is 6.18 Å². The van der Waals surface area contributed by atoms with Gasteiger partial charge in [-0.1, -0.05) is 6.07 Å². The molecule has 1 aliphatic heterocycles. The van der Waals surface area contributed by atoms with Crippen LogP contribution in [0.3, 0.4) is 0 Å². The molecule has 14 heteroatoms. The van der Waals surface area contributed by atoms with Gasteiger partial charge in [-0.3, -0.25) is 9.59 Å². The molecule has 0 bridgehead atoms. The van der Waals surface area contributed by atoms with E-state index >= 15 is 0 Å². The number of hydrogen-bond donors (Lipinski definition) is 2. The van der Waals surface area contributed by atoms with Gasteiger partial charge in [0.05, 0.1) is 11.6 Å². The van der Waals surface area contributed by atoms with E-state index in [1.54, 1.807) is 18.3 Å². The van der Waals surface area contributed by atoms with Crippen LogP contribution in [0.4, 0.5) is 36.4 Å². The van der Waals surface area contributed by atoms with Crippen LogP contribution >= 0.6 is 0 Å². The molecule has 1 aliphatic rings. The lowest BCUT2D eigenvalue weighted by Crippen LogP contribution is -2.22. The van der Waals surface area contributed by atoms with Crippen molar-refractivity contribution in [2.45, 2.75) is 18.6 Å². The summed E-state index contributed by atoms with van der Waals surface area (Å²) in [5.74, 6) is -4.11. The summed E-state index contributed by atoms with van der Waals surface area (Å²) >= 11 is 0. The van der Waals surface area contributed by atoms with E-state index in [1.807, 2.05) is 0 Å². The lowest BCUT2D eigenvalue weighted by Gasteiger charge is -2.20. The minimum Gasteiger partial charge on any atom is -0.341 e. The van der Waals surface area contributed by atoms with Gasteiger partial charge in [-0.05, 0) is 65.7 Å². The van der Waals surface area contributed by atoms with Crippen LogP contribution in [0, 0.1) is 11.6 Å². The van der Waals surface area contributed by atoms with E-state index in [9.17, 15) is 40.3 Å². The Kier molecular flexibility index (Phi) is 6.63. The number of carbonyl (C=O) groups excluding carboxylic acids is 2. The van der Waals surface area contributed by atoms with Crippen molar-refractivity contribution in [3.8, 4) is 11.1 Å². The maximum Gasteiger partial charge on any atom is 0.416 e. The predicted molar refractivity (Wildman–Crippen MR) is 138 cm³/mol. The second-order valence-corrected chi connectivity index (χ2v) is 9.63. The SMILES string of the molecule is O=C(Nc1cc(-c2ccc3ncnn3c2)cc2c1[C@@H](c1cc(F)ccc1C(F)F)NC2=O)c1cc(F)cc(C(F)(F)F)c1. The Labute approximate surface area is 237 Å². The average molecular weight is 599 g/mol. The number of rotatable bonds is 5. The molecule has 0 aliphatic carbocycles. The van der Waals surface area contributed by atoms with Gasteiger partial charge in [0.1, 0.15) is 18.0 Å². The fourth-order valence-electron chi connectivity index (χ4n) is 5.00.